The van der Waals surface area contributed by atoms with Crippen LogP contribution in [-0.4, -0.2) is 15.0 Å². The van der Waals surface area contributed by atoms with Gasteiger partial charge in [-0.25, -0.2) is 0 Å². The van der Waals surface area contributed by atoms with Crippen molar-refractivity contribution in [2.45, 2.75) is 24.3 Å². The monoisotopic (exact) mass is 622 g/mol. The number of halogens is 2. The van der Waals surface area contributed by atoms with Gasteiger partial charge in [-0.2, -0.15) is 13.7 Å². The van der Waals surface area contributed by atoms with Crippen LogP contribution in [0, 0.1) is 11.3 Å². The molecular weight excluding hydrogens is 599 g/mol. The predicted octanol–water partition coefficient (Wildman–Crippen LogP) is 6.96. The van der Waals surface area contributed by atoms with Crippen LogP contribution >= 0.6 is 23.2 Å². The van der Waals surface area contributed by atoms with Crippen molar-refractivity contribution in [1.29, 1.82) is 5.26 Å². The normalized spacial score (nSPS) is 14.4. The van der Waals surface area contributed by atoms with Gasteiger partial charge in [0.25, 0.3) is 0 Å². The summed E-state index contributed by atoms with van der Waals surface area (Å²) in [5.74, 6) is 0.477. The van der Waals surface area contributed by atoms with E-state index in [1.54, 1.807) is 18.2 Å². The van der Waals surface area contributed by atoms with Crippen molar-refractivity contribution in [3.63, 3.8) is 0 Å². The maximum absolute atomic E-state index is 13.0. The Balaban J connectivity index is 1.48. The fraction of sp³-hybridized carbons (Fsp3) is 0.129. The number of benzene rings is 4. The van der Waals surface area contributed by atoms with Crippen molar-refractivity contribution < 1.29 is 26.8 Å². The van der Waals surface area contributed by atoms with Crippen LogP contribution in [0.2, 0.25) is 10.0 Å². The van der Waals surface area contributed by atoms with Crippen molar-refractivity contribution in [1.82, 2.24) is 0 Å². The predicted molar refractivity (Wildman–Crippen MR) is 158 cm³/mol. The molecule has 1 heterocycles. The summed E-state index contributed by atoms with van der Waals surface area (Å²) in [4.78, 5) is -0.280. The van der Waals surface area contributed by atoms with Gasteiger partial charge in [0.05, 0.1) is 17.5 Å². The number of ether oxygens (including phenoxy) is 3. The fourth-order valence-electron chi connectivity index (χ4n) is 4.50. The van der Waals surface area contributed by atoms with Crippen LogP contribution in [0.5, 0.6) is 23.0 Å². The largest absolute Gasteiger partial charge is 0.490 e. The van der Waals surface area contributed by atoms with Crippen LogP contribution in [0.25, 0.3) is 0 Å². The summed E-state index contributed by atoms with van der Waals surface area (Å²) in [6, 6.07) is 25.8. The first kappa shape index (κ1) is 29.1. The van der Waals surface area contributed by atoms with Gasteiger partial charge in [0.15, 0.2) is 11.5 Å². The molecule has 0 bridgehead atoms. The van der Waals surface area contributed by atoms with E-state index in [9.17, 15) is 13.7 Å². The first-order valence-electron chi connectivity index (χ1n) is 12.7. The Hall–Kier alpha value is -4.36. The molecular formula is C31H24Cl2N2O6S. The van der Waals surface area contributed by atoms with Gasteiger partial charge < -0.3 is 24.1 Å². The van der Waals surface area contributed by atoms with E-state index in [1.807, 2.05) is 43.3 Å². The van der Waals surface area contributed by atoms with Crippen LogP contribution < -0.4 is 24.1 Å². The van der Waals surface area contributed by atoms with E-state index in [-0.39, 0.29) is 37.9 Å². The molecule has 4 aromatic carbocycles. The molecule has 0 aromatic heterocycles. The molecule has 42 heavy (non-hydrogen) atoms. The lowest BCUT2D eigenvalue weighted by molar-refractivity contribution is 0.269. The SMILES string of the molecule is CCOc1cc(C2C(C#N)=C(N)Oc3cc(OS(=O)(=O)c4cc(Cl)ccc4Cl)ccc32)ccc1OCc1ccccc1. The van der Waals surface area contributed by atoms with Gasteiger partial charge in [0, 0.05) is 16.7 Å². The Morgan fingerprint density at radius 2 is 1.74 bits per heavy atom. The molecule has 1 aliphatic rings. The minimum absolute atomic E-state index is 0.0409. The molecule has 4 aromatic rings. The minimum atomic E-state index is -4.33. The second-order valence-corrected chi connectivity index (χ2v) is 11.5. The standard InChI is InChI=1S/C31H24Cl2N2O6S/c1-2-38-28-14-20(8-13-26(28)39-18-19-6-4-3-5-7-19)30-23-11-10-22(16-27(23)40-31(35)24(30)17-34)41-42(36,37)29-15-21(32)9-12-25(29)33/h3-16,30H,2,18,35H2,1H3. The number of allylic oxidation sites excluding steroid dienone is 1. The van der Waals surface area contributed by atoms with E-state index in [1.165, 1.54) is 30.3 Å². The molecule has 0 aliphatic carbocycles. The van der Waals surface area contributed by atoms with E-state index in [0.717, 1.165) is 5.56 Å². The lowest BCUT2D eigenvalue weighted by Gasteiger charge is -2.27. The molecule has 0 spiro atoms. The van der Waals surface area contributed by atoms with Gasteiger partial charge in [-0.1, -0.05) is 65.7 Å². The molecule has 11 heteroatoms. The first-order chi connectivity index (χ1) is 20.2. The maximum Gasteiger partial charge on any atom is 0.340 e. The van der Waals surface area contributed by atoms with Crippen molar-refractivity contribution in [3.8, 4) is 29.1 Å². The van der Waals surface area contributed by atoms with Gasteiger partial charge in [-0.05, 0) is 54.4 Å². The lowest BCUT2D eigenvalue weighted by Crippen LogP contribution is -2.21. The third-order valence-corrected chi connectivity index (χ3v) is 8.36. The van der Waals surface area contributed by atoms with Crippen molar-refractivity contribution in [2.75, 3.05) is 6.61 Å². The number of hydrogen-bond donors (Lipinski definition) is 1. The number of nitriles is 1. The van der Waals surface area contributed by atoms with Crippen LogP contribution in [-0.2, 0) is 16.7 Å². The number of hydrogen-bond acceptors (Lipinski definition) is 8. The summed E-state index contributed by atoms with van der Waals surface area (Å²) in [5.41, 5.74) is 8.63. The second-order valence-electron chi connectivity index (χ2n) is 9.15. The van der Waals surface area contributed by atoms with E-state index in [4.69, 9.17) is 47.3 Å². The Morgan fingerprint density at radius 3 is 2.48 bits per heavy atom. The number of rotatable bonds is 9. The van der Waals surface area contributed by atoms with E-state index in [0.29, 0.717) is 35.8 Å². The third-order valence-electron chi connectivity index (χ3n) is 6.40. The first-order valence-corrected chi connectivity index (χ1v) is 14.9. The Bertz CT molecular complexity index is 1820. The average Bonchev–Trinajstić information content (AvgIpc) is 2.97. The van der Waals surface area contributed by atoms with Crippen molar-refractivity contribution in [3.05, 3.63) is 123 Å². The average molecular weight is 624 g/mol. The molecule has 0 fully saturated rings. The molecule has 0 radical (unpaired) electrons. The van der Waals surface area contributed by atoms with E-state index < -0.39 is 16.0 Å². The van der Waals surface area contributed by atoms with Crippen LogP contribution in [0.4, 0.5) is 0 Å². The summed E-state index contributed by atoms with van der Waals surface area (Å²) in [5, 5.41) is 10.1. The number of fused-ring (bicyclic) bond motifs is 1. The van der Waals surface area contributed by atoms with Gasteiger partial charge in [-0.15, -0.1) is 0 Å². The van der Waals surface area contributed by atoms with Gasteiger partial charge in [0.1, 0.15) is 34.6 Å². The number of nitrogens with zero attached hydrogens (tertiary/aromatic N) is 1. The highest BCUT2D eigenvalue weighted by molar-refractivity contribution is 7.87. The molecule has 5 rings (SSSR count). The topological polar surface area (TPSA) is 121 Å². The van der Waals surface area contributed by atoms with Gasteiger partial charge >= 0.3 is 10.1 Å². The molecule has 8 nitrogen and oxygen atoms in total. The van der Waals surface area contributed by atoms with E-state index in [2.05, 4.69) is 6.07 Å². The zero-order chi connectivity index (χ0) is 29.9. The molecule has 1 aliphatic heterocycles. The summed E-state index contributed by atoms with van der Waals surface area (Å²) in [6.45, 7) is 2.61. The summed E-state index contributed by atoms with van der Waals surface area (Å²) in [7, 11) is -4.33. The molecule has 1 unspecified atom stereocenters. The smallest absolute Gasteiger partial charge is 0.340 e. The molecule has 1 atom stereocenters. The molecule has 0 saturated carbocycles. The lowest BCUT2D eigenvalue weighted by atomic mass is 9.83. The van der Waals surface area contributed by atoms with Gasteiger partial charge in [-0.3, -0.25) is 0 Å². The van der Waals surface area contributed by atoms with Crippen LogP contribution in [0.15, 0.2) is 101 Å². The summed E-state index contributed by atoms with van der Waals surface area (Å²) >= 11 is 12.0. The highest BCUT2D eigenvalue weighted by Gasteiger charge is 2.32. The van der Waals surface area contributed by atoms with Crippen LogP contribution in [0.3, 0.4) is 0 Å². The molecule has 214 valence electrons. The summed E-state index contributed by atoms with van der Waals surface area (Å²) in [6.07, 6.45) is 0. The zero-order valence-corrected chi connectivity index (χ0v) is 24.5. The highest BCUT2D eigenvalue weighted by Crippen LogP contribution is 2.45. The van der Waals surface area contributed by atoms with Gasteiger partial charge in [0.2, 0.25) is 5.88 Å². The quantitative estimate of drug-likeness (QED) is 0.199. The Labute approximate surface area is 253 Å². The third kappa shape index (κ3) is 6.11. The molecule has 0 saturated heterocycles. The second kappa shape index (κ2) is 12.2. The molecule has 0 amide bonds. The van der Waals surface area contributed by atoms with Crippen molar-refractivity contribution >= 4 is 33.3 Å². The number of nitrogens with two attached hydrogens (primary N) is 1. The Kier molecular flexibility index (Phi) is 8.50. The van der Waals surface area contributed by atoms with Crippen LogP contribution in [0.1, 0.15) is 29.5 Å². The maximum atomic E-state index is 13.0. The summed E-state index contributed by atoms with van der Waals surface area (Å²) < 4.78 is 48.9. The molecule has 2 N–H and O–H groups in total. The zero-order valence-electron chi connectivity index (χ0n) is 22.2. The highest BCUT2D eigenvalue weighted by atomic mass is 35.5. The van der Waals surface area contributed by atoms with E-state index >= 15 is 0 Å². The Morgan fingerprint density at radius 1 is 0.952 bits per heavy atom. The fourth-order valence-corrected chi connectivity index (χ4v) is 6.16. The minimum Gasteiger partial charge on any atom is -0.490 e. The van der Waals surface area contributed by atoms with Crippen molar-refractivity contribution in [2.24, 2.45) is 5.73 Å².